The number of likely N-dealkylation sites (N-methyl/N-ethyl adjacent to an activating group) is 1. The summed E-state index contributed by atoms with van der Waals surface area (Å²) in [4.78, 5) is 26.5. The summed E-state index contributed by atoms with van der Waals surface area (Å²) in [5, 5.41) is 1.61. The molecular formula is C18H22N2O3S. The van der Waals surface area contributed by atoms with E-state index in [1.54, 1.807) is 37.0 Å². The minimum Gasteiger partial charge on any atom is -0.467 e. The van der Waals surface area contributed by atoms with Crippen LogP contribution in [0, 0.1) is 0 Å². The van der Waals surface area contributed by atoms with Gasteiger partial charge in [-0.25, -0.2) is 4.79 Å². The first kappa shape index (κ1) is 18.1. The van der Waals surface area contributed by atoms with E-state index in [-0.39, 0.29) is 5.91 Å². The quantitative estimate of drug-likeness (QED) is 0.643. The van der Waals surface area contributed by atoms with Crippen LogP contribution in [0.3, 0.4) is 0 Å². The molecule has 0 unspecified atom stereocenters. The van der Waals surface area contributed by atoms with Crippen molar-refractivity contribution in [3.8, 4) is 0 Å². The number of nitrogens with zero attached hydrogens (tertiary/aromatic N) is 1. The second kappa shape index (κ2) is 8.06. The van der Waals surface area contributed by atoms with Crippen LogP contribution in [0.2, 0.25) is 0 Å². The van der Waals surface area contributed by atoms with Gasteiger partial charge in [-0.15, -0.1) is 0 Å². The first-order valence-electron chi connectivity index (χ1n) is 7.62. The highest BCUT2D eigenvalue weighted by atomic mass is 32.2. The molecule has 128 valence electrons. The molecule has 2 rings (SSSR count). The Kier molecular flexibility index (Phi) is 6.09. The molecule has 1 amide bonds. The van der Waals surface area contributed by atoms with Gasteiger partial charge < -0.3 is 15.4 Å². The van der Waals surface area contributed by atoms with Crippen molar-refractivity contribution in [3.63, 3.8) is 0 Å². The number of methoxy groups -OCH3 is 1. The smallest absolute Gasteiger partial charge is 0.328 e. The average Bonchev–Trinajstić information content (AvgIpc) is 2.60. The molecule has 1 atom stereocenters. The molecule has 0 aliphatic heterocycles. The Balaban J connectivity index is 2.39. The zero-order valence-corrected chi connectivity index (χ0v) is 14.9. The van der Waals surface area contributed by atoms with Gasteiger partial charge in [0, 0.05) is 23.7 Å². The number of amides is 1. The van der Waals surface area contributed by atoms with Crippen LogP contribution < -0.4 is 5.73 Å². The van der Waals surface area contributed by atoms with E-state index in [2.05, 4.69) is 0 Å². The van der Waals surface area contributed by atoms with Crippen LogP contribution in [0.25, 0.3) is 10.8 Å². The van der Waals surface area contributed by atoms with Gasteiger partial charge in [0.2, 0.25) is 0 Å². The molecule has 0 saturated carbocycles. The summed E-state index contributed by atoms with van der Waals surface area (Å²) in [6.07, 6.45) is 2.51. The van der Waals surface area contributed by atoms with E-state index in [4.69, 9.17) is 10.5 Å². The normalized spacial score (nSPS) is 12.0. The van der Waals surface area contributed by atoms with E-state index < -0.39 is 12.0 Å². The number of rotatable bonds is 6. The second-order valence-corrected chi connectivity index (χ2v) is 6.47. The van der Waals surface area contributed by atoms with Crippen molar-refractivity contribution >= 4 is 40.1 Å². The van der Waals surface area contributed by atoms with Crippen LogP contribution in [-0.4, -0.2) is 49.0 Å². The molecule has 0 spiro atoms. The Bertz CT molecular complexity index is 748. The minimum atomic E-state index is -0.605. The maximum atomic E-state index is 13.0. The number of benzene rings is 2. The minimum absolute atomic E-state index is 0.220. The highest BCUT2D eigenvalue weighted by Crippen LogP contribution is 2.25. The van der Waals surface area contributed by atoms with Gasteiger partial charge in [-0.1, -0.05) is 24.3 Å². The number of thioether (sulfide) groups is 1. The van der Waals surface area contributed by atoms with Gasteiger partial charge in [0.05, 0.1) is 7.11 Å². The standard InChI is InChI=1S/C18H22N2O3S/c1-20(16(10-11-24-3)18(22)23-2)17(21)14-8-4-7-13-12(14)6-5-9-15(13)19/h4-9,16H,10-11,19H2,1-3H3/t16-/m0/s1. The number of carbonyl (C=O) groups is 2. The summed E-state index contributed by atoms with van der Waals surface area (Å²) in [6.45, 7) is 0. The molecule has 0 aliphatic rings. The SMILES string of the molecule is COC(=O)[C@H](CCSC)N(C)C(=O)c1cccc2c(N)cccc12. The third kappa shape index (κ3) is 3.64. The van der Waals surface area contributed by atoms with E-state index in [1.165, 1.54) is 12.0 Å². The zero-order valence-electron chi connectivity index (χ0n) is 14.1. The molecule has 0 aromatic heterocycles. The van der Waals surface area contributed by atoms with E-state index in [1.807, 2.05) is 24.5 Å². The molecule has 2 N–H and O–H groups in total. The van der Waals surface area contributed by atoms with Gasteiger partial charge in [-0.05, 0) is 35.9 Å². The number of hydrogen-bond donors (Lipinski definition) is 1. The largest absolute Gasteiger partial charge is 0.467 e. The molecule has 0 heterocycles. The third-order valence-electron chi connectivity index (χ3n) is 4.04. The highest BCUT2D eigenvalue weighted by Gasteiger charge is 2.28. The molecule has 2 aromatic carbocycles. The predicted octanol–water partition coefficient (Wildman–Crippen LogP) is 2.79. The lowest BCUT2D eigenvalue weighted by atomic mass is 10.0. The van der Waals surface area contributed by atoms with Crippen LogP contribution in [-0.2, 0) is 9.53 Å². The van der Waals surface area contributed by atoms with E-state index >= 15 is 0 Å². The molecular weight excluding hydrogens is 324 g/mol. The van der Waals surface area contributed by atoms with Crippen LogP contribution >= 0.6 is 11.8 Å². The fourth-order valence-electron chi connectivity index (χ4n) is 2.69. The number of esters is 1. The van der Waals surface area contributed by atoms with Crippen molar-refractivity contribution in [2.24, 2.45) is 0 Å². The molecule has 0 aliphatic carbocycles. The Hall–Kier alpha value is -2.21. The Morgan fingerprint density at radius 1 is 1.21 bits per heavy atom. The molecule has 0 saturated heterocycles. The molecule has 0 fully saturated rings. The van der Waals surface area contributed by atoms with Crippen LogP contribution in [0.15, 0.2) is 36.4 Å². The maximum absolute atomic E-state index is 13.0. The Morgan fingerprint density at radius 2 is 1.88 bits per heavy atom. The lowest BCUT2D eigenvalue weighted by Gasteiger charge is -2.26. The zero-order chi connectivity index (χ0) is 17.7. The number of hydrogen-bond acceptors (Lipinski definition) is 5. The summed E-state index contributed by atoms with van der Waals surface area (Å²) in [5.41, 5.74) is 7.14. The maximum Gasteiger partial charge on any atom is 0.328 e. The van der Waals surface area contributed by atoms with Crippen molar-refractivity contribution in [1.29, 1.82) is 0 Å². The Morgan fingerprint density at radius 3 is 2.54 bits per heavy atom. The van der Waals surface area contributed by atoms with Gasteiger partial charge >= 0.3 is 5.97 Å². The predicted molar refractivity (Wildman–Crippen MR) is 99.3 cm³/mol. The van der Waals surface area contributed by atoms with Gasteiger partial charge in [-0.3, -0.25) is 4.79 Å². The fraction of sp³-hybridized carbons (Fsp3) is 0.333. The van der Waals surface area contributed by atoms with Gasteiger partial charge in [0.25, 0.3) is 5.91 Å². The number of nitrogen functional groups attached to an aromatic ring is 1. The number of ether oxygens (including phenoxy) is 1. The van der Waals surface area contributed by atoms with E-state index in [0.29, 0.717) is 17.7 Å². The molecule has 6 heteroatoms. The van der Waals surface area contributed by atoms with E-state index in [9.17, 15) is 9.59 Å². The van der Waals surface area contributed by atoms with Gasteiger partial charge in [0.1, 0.15) is 6.04 Å². The van der Waals surface area contributed by atoms with Crippen LogP contribution in [0.1, 0.15) is 16.8 Å². The first-order valence-corrected chi connectivity index (χ1v) is 9.01. The van der Waals surface area contributed by atoms with Crippen molar-refractivity contribution in [2.45, 2.75) is 12.5 Å². The number of anilines is 1. The molecule has 24 heavy (non-hydrogen) atoms. The topological polar surface area (TPSA) is 72.6 Å². The van der Waals surface area contributed by atoms with E-state index in [0.717, 1.165) is 16.5 Å². The summed E-state index contributed by atoms with van der Waals surface area (Å²) < 4.78 is 4.86. The number of nitrogens with two attached hydrogens (primary N) is 1. The lowest BCUT2D eigenvalue weighted by molar-refractivity contribution is -0.145. The molecule has 0 bridgehead atoms. The monoisotopic (exact) mass is 346 g/mol. The molecule has 5 nitrogen and oxygen atoms in total. The summed E-state index contributed by atoms with van der Waals surface area (Å²) in [5.74, 6) is 0.141. The van der Waals surface area contributed by atoms with Crippen molar-refractivity contribution in [1.82, 2.24) is 4.90 Å². The second-order valence-electron chi connectivity index (χ2n) is 5.48. The first-order chi connectivity index (χ1) is 11.5. The number of carbonyl (C=O) groups excluding carboxylic acids is 2. The molecule has 2 aromatic rings. The third-order valence-corrected chi connectivity index (χ3v) is 4.69. The average molecular weight is 346 g/mol. The summed E-state index contributed by atoms with van der Waals surface area (Å²) in [6, 6.07) is 10.3. The number of fused-ring (bicyclic) bond motifs is 1. The molecule has 0 radical (unpaired) electrons. The summed E-state index contributed by atoms with van der Waals surface area (Å²) >= 11 is 1.63. The Labute approximate surface area is 146 Å². The summed E-state index contributed by atoms with van der Waals surface area (Å²) in [7, 11) is 2.97. The fourth-order valence-corrected chi connectivity index (χ4v) is 3.15. The van der Waals surface area contributed by atoms with Crippen molar-refractivity contribution in [2.75, 3.05) is 31.9 Å². The van der Waals surface area contributed by atoms with Crippen LogP contribution in [0.5, 0.6) is 0 Å². The van der Waals surface area contributed by atoms with Gasteiger partial charge in [0.15, 0.2) is 0 Å². The van der Waals surface area contributed by atoms with Crippen molar-refractivity contribution in [3.05, 3.63) is 42.0 Å². The van der Waals surface area contributed by atoms with Crippen molar-refractivity contribution < 1.29 is 14.3 Å². The van der Waals surface area contributed by atoms with Crippen LogP contribution in [0.4, 0.5) is 5.69 Å². The van der Waals surface area contributed by atoms with Gasteiger partial charge in [-0.2, -0.15) is 11.8 Å². The highest BCUT2D eigenvalue weighted by molar-refractivity contribution is 7.98. The lowest BCUT2D eigenvalue weighted by Crippen LogP contribution is -2.43.